The molecule has 6 heteroatoms. The second-order valence-corrected chi connectivity index (χ2v) is 10.2. The lowest BCUT2D eigenvalue weighted by Gasteiger charge is -2.48. The molecule has 0 aliphatic carbocycles. The van der Waals surface area contributed by atoms with Crippen LogP contribution in [0.15, 0.2) is 67.0 Å². The van der Waals surface area contributed by atoms with Crippen molar-refractivity contribution in [3.05, 3.63) is 94.8 Å². The molecular weight excluding hydrogens is 460 g/mol. The molecule has 1 N–H and O–H groups in total. The van der Waals surface area contributed by atoms with Gasteiger partial charge in [0.1, 0.15) is 5.75 Å². The Morgan fingerprint density at radius 1 is 1.03 bits per heavy atom. The summed E-state index contributed by atoms with van der Waals surface area (Å²) >= 11 is 0. The molecule has 3 atom stereocenters. The van der Waals surface area contributed by atoms with Gasteiger partial charge in [-0.2, -0.15) is 0 Å². The molecule has 2 aromatic carbocycles. The first kappa shape index (κ1) is 26.8. The van der Waals surface area contributed by atoms with Gasteiger partial charge in [-0.1, -0.05) is 24.3 Å². The van der Waals surface area contributed by atoms with Crippen LogP contribution in [0.2, 0.25) is 0 Å². The van der Waals surface area contributed by atoms with Crippen molar-refractivity contribution in [2.24, 2.45) is 0 Å². The van der Waals surface area contributed by atoms with E-state index in [2.05, 4.69) is 59.8 Å². The first-order chi connectivity index (χ1) is 17.8. The van der Waals surface area contributed by atoms with Crippen molar-refractivity contribution in [1.29, 1.82) is 0 Å². The Hall–Kier alpha value is -3.22. The second-order valence-electron chi connectivity index (χ2n) is 10.2. The number of hydrogen-bond acceptors (Lipinski definition) is 5. The number of amides is 1. The van der Waals surface area contributed by atoms with E-state index in [1.807, 2.05) is 55.4 Å². The lowest BCUT2D eigenvalue weighted by atomic mass is 9.88. The van der Waals surface area contributed by atoms with Crippen LogP contribution in [0.5, 0.6) is 5.75 Å². The van der Waals surface area contributed by atoms with Crippen molar-refractivity contribution >= 4 is 5.91 Å². The predicted molar refractivity (Wildman–Crippen MR) is 149 cm³/mol. The SMILES string of the molecule is CCN(CC)C(=O)c1cccc(C(c2cccc(O)c2)N2C[C@@H](C)N(Cc3ccncc3)C[C@@H]2C)c1C. The number of carbonyl (C=O) groups is 1. The van der Waals surface area contributed by atoms with Gasteiger partial charge in [0, 0.05) is 62.8 Å². The fourth-order valence-corrected chi connectivity index (χ4v) is 5.63. The van der Waals surface area contributed by atoms with Crippen LogP contribution >= 0.6 is 0 Å². The van der Waals surface area contributed by atoms with Gasteiger partial charge in [0.15, 0.2) is 0 Å². The highest BCUT2D eigenvalue weighted by molar-refractivity contribution is 5.96. The molecule has 1 amide bonds. The third-order valence-corrected chi connectivity index (χ3v) is 7.77. The summed E-state index contributed by atoms with van der Waals surface area (Å²) in [7, 11) is 0. The Kier molecular flexibility index (Phi) is 8.62. The van der Waals surface area contributed by atoms with Gasteiger partial charge >= 0.3 is 0 Å². The molecule has 2 heterocycles. The van der Waals surface area contributed by atoms with Crippen molar-refractivity contribution in [2.75, 3.05) is 26.2 Å². The molecule has 4 rings (SSSR count). The zero-order chi connectivity index (χ0) is 26.5. The van der Waals surface area contributed by atoms with E-state index in [-0.39, 0.29) is 23.7 Å². The largest absolute Gasteiger partial charge is 0.508 e. The van der Waals surface area contributed by atoms with E-state index in [1.165, 1.54) is 5.56 Å². The minimum atomic E-state index is -0.0721. The monoisotopic (exact) mass is 500 g/mol. The molecule has 0 radical (unpaired) electrons. The predicted octanol–water partition coefficient (Wildman–Crippen LogP) is 5.26. The van der Waals surface area contributed by atoms with Gasteiger partial charge in [0.05, 0.1) is 6.04 Å². The van der Waals surface area contributed by atoms with Crippen LogP contribution in [-0.2, 0) is 6.54 Å². The van der Waals surface area contributed by atoms with Crippen molar-refractivity contribution in [1.82, 2.24) is 19.7 Å². The van der Waals surface area contributed by atoms with E-state index < -0.39 is 0 Å². The van der Waals surface area contributed by atoms with Crippen LogP contribution < -0.4 is 0 Å². The summed E-state index contributed by atoms with van der Waals surface area (Å²) < 4.78 is 0. The summed E-state index contributed by atoms with van der Waals surface area (Å²) in [6, 6.07) is 18.4. The number of aromatic nitrogens is 1. The number of rotatable bonds is 8. The number of hydrogen-bond donors (Lipinski definition) is 1. The quantitative estimate of drug-likeness (QED) is 0.457. The van der Waals surface area contributed by atoms with Gasteiger partial charge < -0.3 is 10.0 Å². The molecule has 0 bridgehead atoms. The van der Waals surface area contributed by atoms with Crippen LogP contribution in [0.4, 0.5) is 0 Å². The summed E-state index contributed by atoms with van der Waals surface area (Å²) in [4.78, 5) is 24.5. The number of carbonyl (C=O) groups excluding carboxylic acids is 1. The molecule has 37 heavy (non-hydrogen) atoms. The molecular formula is C31H40N4O2. The zero-order valence-electron chi connectivity index (χ0n) is 22.8. The van der Waals surface area contributed by atoms with Crippen molar-refractivity contribution in [2.45, 2.75) is 59.3 Å². The molecule has 1 aromatic heterocycles. The minimum absolute atomic E-state index is 0.0718. The highest BCUT2D eigenvalue weighted by Gasteiger charge is 2.36. The van der Waals surface area contributed by atoms with Gasteiger partial charge in [-0.25, -0.2) is 0 Å². The number of aromatic hydroxyl groups is 1. The van der Waals surface area contributed by atoms with E-state index >= 15 is 0 Å². The van der Waals surface area contributed by atoms with E-state index in [9.17, 15) is 9.90 Å². The highest BCUT2D eigenvalue weighted by Crippen LogP contribution is 2.37. The fourth-order valence-electron chi connectivity index (χ4n) is 5.63. The first-order valence-electron chi connectivity index (χ1n) is 13.4. The molecule has 3 aromatic rings. The maximum atomic E-state index is 13.4. The molecule has 1 unspecified atom stereocenters. The van der Waals surface area contributed by atoms with Crippen LogP contribution in [0.1, 0.15) is 66.3 Å². The van der Waals surface area contributed by atoms with Crippen molar-refractivity contribution in [3.8, 4) is 5.75 Å². The summed E-state index contributed by atoms with van der Waals surface area (Å²) in [5, 5.41) is 10.4. The van der Waals surface area contributed by atoms with Gasteiger partial charge in [-0.3, -0.25) is 19.6 Å². The summed E-state index contributed by atoms with van der Waals surface area (Å²) in [5.41, 5.74) is 5.18. The van der Waals surface area contributed by atoms with Crippen LogP contribution in [0.3, 0.4) is 0 Å². The Morgan fingerprint density at radius 2 is 1.73 bits per heavy atom. The number of nitrogens with zero attached hydrogens (tertiary/aromatic N) is 4. The Balaban J connectivity index is 1.71. The standard InChI is InChI=1S/C31H40N4O2/c1-6-33(7-2)31(37)29-13-9-12-28(24(29)5)30(26-10-8-11-27(36)18-26)35-20-22(3)34(19-23(35)4)21-25-14-16-32-17-15-25/h8-18,22-23,30,36H,6-7,19-21H2,1-5H3/t22-,23+,30?/m1/s1. The van der Waals surface area contributed by atoms with Gasteiger partial charge in [-0.15, -0.1) is 0 Å². The third-order valence-electron chi connectivity index (χ3n) is 7.77. The van der Waals surface area contributed by atoms with Crippen LogP contribution in [0.25, 0.3) is 0 Å². The molecule has 1 saturated heterocycles. The lowest BCUT2D eigenvalue weighted by Crippen LogP contribution is -2.56. The normalized spacial score (nSPS) is 19.5. The maximum Gasteiger partial charge on any atom is 0.254 e. The molecule has 0 saturated carbocycles. The number of benzene rings is 2. The lowest BCUT2D eigenvalue weighted by molar-refractivity contribution is 0.0193. The Labute approximate surface area is 221 Å². The molecule has 196 valence electrons. The summed E-state index contributed by atoms with van der Waals surface area (Å²) in [5.74, 6) is 0.329. The van der Waals surface area contributed by atoms with Gasteiger partial charge in [0.2, 0.25) is 0 Å². The number of phenolic OH excluding ortho intramolecular Hbond substituents is 1. The average molecular weight is 501 g/mol. The number of piperazine rings is 1. The molecule has 6 nitrogen and oxygen atoms in total. The third kappa shape index (κ3) is 5.86. The van der Waals surface area contributed by atoms with E-state index in [0.717, 1.165) is 41.9 Å². The van der Waals surface area contributed by atoms with Crippen LogP contribution in [-0.4, -0.2) is 69.0 Å². The van der Waals surface area contributed by atoms with E-state index in [1.54, 1.807) is 6.07 Å². The highest BCUT2D eigenvalue weighted by atomic mass is 16.3. The van der Waals surface area contributed by atoms with Gasteiger partial charge in [-0.05, 0) is 87.2 Å². The Morgan fingerprint density at radius 3 is 2.41 bits per heavy atom. The van der Waals surface area contributed by atoms with E-state index in [4.69, 9.17) is 0 Å². The average Bonchev–Trinajstić information content (AvgIpc) is 2.89. The second kappa shape index (κ2) is 11.9. The summed E-state index contributed by atoms with van der Waals surface area (Å²) in [6.45, 7) is 14.7. The topological polar surface area (TPSA) is 59.9 Å². The van der Waals surface area contributed by atoms with Gasteiger partial charge in [0.25, 0.3) is 5.91 Å². The van der Waals surface area contributed by atoms with Crippen molar-refractivity contribution in [3.63, 3.8) is 0 Å². The van der Waals surface area contributed by atoms with Crippen LogP contribution in [0, 0.1) is 6.92 Å². The Bertz CT molecular complexity index is 1190. The molecule has 1 aliphatic heterocycles. The smallest absolute Gasteiger partial charge is 0.254 e. The minimum Gasteiger partial charge on any atom is -0.508 e. The molecule has 0 spiro atoms. The fraction of sp³-hybridized carbons (Fsp3) is 0.419. The zero-order valence-corrected chi connectivity index (χ0v) is 22.8. The number of pyridine rings is 1. The molecule has 1 aliphatic rings. The molecule has 1 fully saturated rings. The van der Waals surface area contributed by atoms with E-state index in [0.29, 0.717) is 19.1 Å². The first-order valence-corrected chi connectivity index (χ1v) is 13.4. The summed E-state index contributed by atoms with van der Waals surface area (Å²) in [6.07, 6.45) is 3.71. The van der Waals surface area contributed by atoms with Crippen molar-refractivity contribution < 1.29 is 9.90 Å². The maximum absolute atomic E-state index is 13.4. The number of phenols is 1.